The lowest BCUT2D eigenvalue weighted by atomic mass is 9.95. The number of amides is 2. The lowest BCUT2D eigenvalue weighted by Crippen LogP contribution is -2.41. The van der Waals surface area contributed by atoms with E-state index in [0.29, 0.717) is 50.5 Å². The van der Waals surface area contributed by atoms with Gasteiger partial charge < -0.3 is 14.7 Å². The van der Waals surface area contributed by atoms with Gasteiger partial charge in [-0.25, -0.2) is 0 Å². The molecule has 5 rings (SSSR count). The maximum atomic E-state index is 13.9. The van der Waals surface area contributed by atoms with Crippen LogP contribution in [0.15, 0.2) is 54.6 Å². The van der Waals surface area contributed by atoms with Gasteiger partial charge in [0.15, 0.2) is 5.69 Å². The summed E-state index contributed by atoms with van der Waals surface area (Å²) in [6.45, 7) is 7.51. The molecule has 0 fully saturated rings. The lowest BCUT2D eigenvalue weighted by Gasteiger charge is -2.29. The summed E-state index contributed by atoms with van der Waals surface area (Å²) in [7, 11) is 0. The van der Waals surface area contributed by atoms with Gasteiger partial charge in [-0.2, -0.15) is 18.3 Å². The molecule has 44 heavy (non-hydrogen) atoms. The number of rotatable bonds is 6. The predicted molar refractivity (Wildman–Crippen MR) is 164 cm³/mol. The molecule has 2 amide bonds. The topological polar surface area (TPSA) is 61.7 Å². The third kappa shape index (κ3) is 7.70. The number of alkyl halides is 3. The summed E-state index contributed by atoms with van der Waals surface area (Å²) in [6.07, 6.45) is -1.25. The van der Waals surface area contributed by atoms with Gasteiger partial charge in [0, 0.05) is 49.7 Å². The number of aromatic nitrogens is 2. The van der Waals surface area contributed by atoms with Gasteiger partial charge in [-0.1, -0.05) is 62.4 Å². The Kier molecular flexibility index (Phi) is 10.1. The molecule has 0 saturated heterocycles. The normalized spacial score (nSPS) is 16.8. The van der Waals surface area contributed by atoms with Crippen LogP contribution in [0.1, 0.15) is 61.2 Å². The highest BCUT2D eigenvalue weighted by molar-refractivity contribution is 5.95. The quantitative estimate of drug-likeness (QED) is 0.357. The van der Waals surface area contributed by atoms with Crippen molar-refractivity contribution in [3.63, 3.8) is 0 Å². The molecular weight excluding hydrogens is 567 g/mol. The number of anilines is 1. The smallest absolute Gasteiger partial charge is 0.335 e. The third-order valence-corrected chi connectivity index (χ3v) is 8.47. The molecule has 0 radical (unpaired) electrons. The predicted octanol–water partition coefficient (Wildman–Crippen LogP) is 5.75. The summed E-state index contributed by atoms with van der Waals surface area (Å²) in [6, 6.07) is 17.3. The Bertz CT molecular complexity index is 1440. The van der Waals surface area contributed by atoms with Crippen LogP contribution < -0.4 is 4.90 Å². The van der Waals surface area contributed by atoms with Crippen LogP contribution in [0.4, 0.5) is 18.9 Å². The van der Waals surface area contributed by atoms with Gasteiger partial charge in [-0.3, -0.25) is 14.3 Å². The van der Waals surface area contributed by atoms with E-state index >= 15 is 0 Å². The first-order valence-electron chi connectivity index (χ1n) is 15.7. The number of nitrogens with zero attached hydrogens (tertiary/aromatic N) is 5. The Hall–Kier alpha value is -3.66. The minimum atomic E-state index is -4.56. The van der Waals surface area contributed by atoms with E-state index in [2.05, 4.69) is 23.8 Å². The minimum Gasteiger partial charge on any atom is -0.335 e. The highest BCUT2D eigenvalue weighted by Crippen LogP contribution is 2.36. The van der Waals surface area contributed by atoms with E-state index in [1.807, 2.05) is 59.5 Å². The Balaban J connectivity index is 1.45. The molecule has 2 aliphatic rings. The lowest BCUT2D eigenvalue weighted by molar-refractivity contribution is -0.142. The van der Waals surface area contributed by atoms with E-state index in [9.17, 15) is 22.8 Å². The van der Waals surface area contributed by atoms with Crippen LogP contribution in [0.3, 0.4) is 0 Å². The molecule has 1 aromatic heterocycles. The van der Waals surface area contributed by atoms with E-state index in [4.69, 9.17) is 0 Å². The molecule has 236 valence electrons. The van der Waals surface area contributed by atoms with Crippen LogP contribution in [-0.2, 0) is 48.1 Å². The van der Waals surface area contributed by atoms with Crippen LogP contribution in [0.2, 0.25) is 0 Å². The first-order chi connectivity index (χ1) is 21.1. The van der Waals surface area contributed by atoms with Crippen molar-refractivity contribution in [2.24, 2.45) is 5.92 Å². The number of para-hydroxylation sites is 1. The summed E-state index contributed by atoms with van der Waals surface area (Å²) in [5.74, 6) is 0.114. The molecule has 10 heteroatoms. The molecule has 0 unspecified atom stereocenters. The van der Waals surface area contributed by atoms with Crippen molar-refractivity contribution in [3.05, 3.63) is 82.7 Å². The van der Waals surface area contributed by atoms with Crippen molar-refractivity contribution in [2.45, 2.75) is 71.6 Å². The van der Waals surface area contributed by atoms with E-state index in [1.165, 1.54) is 4.68 Å². The van der Waals surface area contributed by atoms with E-state index < -0.39 is 11.9 Å². The van der Waals surface area contributed by atoms with Gasteiger partial charge in [0.1, 0.15) is 6.54 Å². The van der Waals surface area contributed by atoms with Gasteiger partial charge in [0.25, 0.3) is 0 Å². The molecule has 0 N–H and O–H groups in total. The van der Waals surface area contributed by atoms with Crippen molar-refractivity contribution in [1.82, 2.24) is 19.6 Å². The largest absolute Gasteiger partial charge is 0.435 e. The number of benzene rings is 2. The fourth-order valence-corrected chi connectivity index (χ4v) is 6.43. The van der Waals surface area contributed by atoms with Crippen molar-refractivity contribution in [1.29, 1.82) is 0 Å². The summed E-state index contributed by atoms with van der Waals surface area (Å²) in [5.41, 5.74) is 2.42. The summed E-state index contributed by atoms with van der Waals surface area (Å²) in [4.78, 5) is 33.6. The fraction of sp³-hybridized carbons (Fsp3) is 0.500. The van der Waals surface area contributed by atoms with Gasteiger partial charge in [0.05, 0.1) is 6.42 Å². The maximum Gasteiger partial charge on any atom is 0.435 e. The zero-order valence-corrected chi connectivity index (χ0v) is 25.7. The molecule has 2 aromatic carbocycles. The second-order valence-electron chi connectivity index (χ2n) is 12.3. The van der Waals surface area contributed by atoms with Crippen LogP contribution in [0, 0.1) is 5.92 Å². The third-order valence-electron chi connectivity index (χ3n) is 8.47. The Morgan fingerprint density at radius 3 is 2.34 bits per heavy atom. The van der Waals surface area contributed by atoms with Gasteiger partial charge in [0.2, 0.25) is 11.8 Å². The van der Waals surface area contributed by atoms with E-state index in [0.717, 1.165) is 42.7 Å². The molecule has 7 nitrogen and oxygen atoms in total. The Labute approximate surface area is 257 Å². The summed E-state index contributed by atoms with van der Waals surface area (Å²) in [5, 5.41) is 3.94. The molecule has 3 aromatic rings. The van der Waals surface area contributed by atoms with Crippen molar-refractivity contribution < 1.29 is 22.8 Å². The SMILES string of the molecule is CC(C)CN1CCCN(C(=O)Cc2ccccc2)c2ccccc2CN(C(=O)Cn2nc(C(F)(F)F)c3c2CCCC3)CC1. The molecule has 0 saturated carbocycles. The number of carbonyl (C=O) groups is 2. The number of hydrogen-bond acceptors (Lipinski definition) is 4. The van der Waals surface area contributed by atoms with Crippen molar-refractivity contribution in [2.75, 3.05) is 37.6 Å². The molecule has 1 aliphatic carbocycles. The summed E-state index contributed by atoms with van der Waals surface area (Å²) < 4.78 is 42.8. The molecule has 0 atom stereocenters. The van der Waals surface area contributed by atoms with Crippen LogP contribution in [0.25, 0.3) is 0 Å². The first-order valence-corrected chi connectivity index (χ1v) is 15.7. The standard InChI is InChI=1S/C34H42F3N5O2/c1-25(2)22-39-17-10-18-41(31(43)21-26-11-4-3-5-12-26)29-15-8-6-13-27(29)23-40(20-19-39)32(44)24-42-30-16-9-7-14-28(30)33(38-42)34(35,36)37/h3-6,8,11-13,15,25H,7,9-10,14,16-24H2,1-2H3. The van der Waals surface area contributed by atoms with E-state index in [1.54, 1.807) is 4.90 Å². The Morgan fingerprint density at radius 2 is 1.59 bits per heavy atom. The van der Waals surface area contributed by atoms with E-state index in [-0.39, 0.29) is 36.9 Å². The zero-order valence-electron chi connectivity index (χ0n) is 25.7. The highest BCUT2D eigenvalue weighted by atomic mass is 19.4. The van der Waals surface area contributed by atoms with Gasteiger partial charge in [-0.15, -0.1) is 0 Å². The maximum absolute atomic E-state index is 13.9. The number of carbonyl (C=O) groups excluding carboxylic acids is 2. The summed E-state index contributed by atoms with van der Waals surface area (Å²) >= 11 is 0. The van der Waals surface area contributed by atoms with Crippen molar-refractivity contribution >= 4 is 17.5 Å². The fourth-order valence-electron chi connectivity index (χ4n) is 6.43. The average molecular weight is 610 g/mol. The monoisotopic (exact) mass is 609 g/mol. The molecule has 1 aliphatic heterocycles. The average Bonchev–Trinajstić information content (AvgIpc) is 3.35. The van der Waals surface area contributed by atoms with Crippen LogP contribution in [0.5, 0.6) is 0 Å². The zero-order chi connectivity index (χ0) is 31.3. The van der Waals surface area contributed by atoms with Crippen LogP contribution in [-0.4, -0.2) is 64.1 Å². The second-order valence-corrected chi connectivity index (χ2v) is 12.3. The molecule has 0 spiro atoms. The number of halogens is 3. The minimum absolute atomic E-state index is 0.0148. The van der Waals surface area contributed by atoms with Gasteiger partial charge >= 0.3 is 6.18 Å². The Morgan fingerprint density at radius 1 is 0.864 bits per heavy atom. The van der Waals surface area contributed by atoms with Gasteiger partial charge in [-0.05, 0) is 61.8 Å². The molecule has 2 heterocycles. The van der Waals surface area contributed by atoms with Crippen LogP contribution >= 0.6 is 0 Å². The second kappa shape index (κ2) is 14.0. The number of hydrogen-bond donors (Lipinski definition) is 0. The molecular formula is C34H42F3N5O2. The highest BCUT2D eigenvalue weighted by Gasteiger charge is 2.40. The van der Waals surface area contributed by atoms with Crippen molar-refractivity contribution in [3.8, 4) is 0 Å². The number of fused-ring (bicyclic) bond motifs is 2. The first kappa shape index (κ1) is 31.8. The molecule has 0 bridgehead atoms.